The SMILES string of the molecule is CNC(Cc1nccn1C)C1CC2CCC1C2. The summed E-state index contributed by atoms with van der Waals surface area (Å²) < 4.78 is 2.15. The minimum absolute atomic E-state index is 0.617. The van der Waals surface area contributed by atoms with Gasteiger partial charge in [-0.3, -0.25) is 0 Å². The predicted molar refractivity (Wildman–Crippen MR) is 68.7 cm³/mol. The summed E-state index contributed by atoms with van der Waals surface area (Å²) in [7, 11) is 4.20. The van der Waals surface area contributed by atoms with Gasteiger partial charge < -0.3 is 9.88 Å². The third kappa shape index (κ3) is 2.01. The fraction of sp³-hybridized carbons (Fsp3) is 0.786. The molecule has 0 amide bonds. The maximum Gasteiger partial charge on any atom is 0.109 e. The summed E-state index contributed by atoms with van der Waals surface area (Å²) in [6.45, 7) is 0. The molecule has 4 unspecified atom stereocenters. The van der Waals surface area contributed by atoms with Crippen LogP contribution in [0.25, 0.3) is 0 Å². The molecule has 1 N–H and O–H groups in total. The molecular weight excluding hydrogens is 210 g/mol. The van der Waals surface area contributed by atoms with Crippen LogP contribution in [-0.2, 0) is 13.5 Å². The highest BCUT2D eigenvalue weighted by Crippen LogP contribution is 2.49. The molecule has 17 heavy (non-hydrogen) atoms. The molecule has 4 atom stereocenters. The first-order valence-corrected chi connectivity index (χ1v) is 6.91. The Bertz CT molecular complexity index is 385. The number of aryl methyl sites for hydroxylation is 1. The second kappa shape index (κ2) is 4.45. The fourth-order valence-corrected chi connectivity index (χ4v) is 4.04. The van der Waals surface area contributed by atoms with Gasteiger partial charge in [-0.1, -0.05) is 6.42 Å². The molecule has 2 fully saturated rings. The van der Waals surface area contributed by atoms with E-state index >= 15 is 0 Å². The first-order chi connectivity index (χ1) is 8.28. The summed E-state index contributed by atoms with van der Waals surface area (Å²) in [6, 6.07) is 0.617. The number of imidazole rings is 1. The molecule has 2 aliphatic rings. The molecule has 1 aromatic heterocycles. The number of hydrogen-bond acceptors (Lipinski definition) is 2. The van der Waals surface area contributed by atoms with E-state index in [2.05, 4.69) is 29.0 Å². The number of likely N-dealkylation sites (N-methyl/N-ethyl adjacent to an activating group) is 1. The lowest BCUT2D eigenvalue weighted by Gasteiger charge is -2.30. The van der Waals surface area contributed by atoms with Crippen molar-refractivity contribution >= 4 is 0 Å². The molecule has 0 radical (unpaired) electrons. The molecule has 1 heterocycles. The van der Waals surface area contributed by atoms with Gasteiger partial charge in [-0.05, 0) is 44.1 Å². The Morgan fingerprint density at radius 3 is 2.88 bits per heavy atom. The molecule has 0 saturated heterocycles. The number of hydrogen-bond donors (Lipinski definition) is 1. The molecule has 2 bridgehead atoms. The molecule has 0 aromatic carbocycles. The van der Waals surface area contributed by atoms with Crippen molar-refractivity contribution in [3.05, 3.63) is 18.2 Å². The van der Waals surface area contributed by atoms with Gasteiger partial charge in [0, 0.05) is 31.9 Å². The molecule has 3 nitrogen and oxygen atoms in total. The summed E-state index contributed by atoms with van der Waals surface area (Å²) in [5, 5.41) is 3.54. The number of fused-ring (bicyclic) bond motifs is 2. The van der Waals surface area contributed by atoms with Crippen molar-refractivity contribution in [3.8, 4) is 0 Å². The van der Waals surface area contributed by atoms with Crippen LogP contribution in [0.2, 0.25) is 0 Å². The fourth-order valence-electron chi connectivity index (χ4n) is 4.04. The van der Waals surface area contributed by atoms with Crippen LogP contribution < -0.4 is 5.32 Å². The van der Waals surface area contributed by atoms with E-state index < -0.39 is 0 Å². The molecule has 0 aliphatic heterocycles. The Balaban J connectivity index is 1.70. The van der Waals surface area contributed by atoms with E-state index in [-0.39, 0.29) is 0 Å². The Morgan fingerprint density at radius 2 is 2.35 bits per heavy atom. The highest BCUT2D eigenvalue weighted by molar-refractivity contribution is 5.01. The first-order valence-electron chi connectivity index (χ1n) is 6.91. The highest BCUT2D eigenvalue weighted by atomic mass is 15.0. The Labute approximate surface area is 104 Å². The summed E-state index contributed by atoms with van der Waals surface area (Å²) in [5.74, 6) is 4.11. The van der Waals surface area contributed by atoms with Gasteiger partial charge in [0.05, 0.1) is 0 Å². The van der Waals surface area contributed by atoms with Crippen LogP contribution in [0.5, 0.6) is 0 Å². The van der Waals surface area contributed by atoms with Gasteiger partial charge in [-0.15, -0.1) is 0 Å². The van der Waals surface area contributed by atoms with Gasteiger partial charge in [0.25, 0.3) is 0 Å². The quantitative estimate of drug-likeness (QED) is 0.862. The average molecular weight is 233 g/mol. The Kier molecular flexibility index (Phi) is 2.95. The topological polar surface area (TPSA) is 29.9 Å². The lowest BCUT2D eigenvalue weighted by atomic mass is 9.82. The predicted octanol–water partition coefficient (Wildman–Crippen LogP) is 1.99. The highest BCUT2D eigenvalue weighted by Gasteiger charge is 2.42. The molecule has 3 heteroatoms. The van der Waals surface area contributed by atoms with Crippen LogP contribution in [0.3, 0.4) is 0 Å². The zero-order valence-electron chi connectivity index (χ0n) is 10.9. The van der Waals surface area contributed by atoms with Gasteiger partial charge in [0.1, 0.15) is 5.82 Å². The van der Waals surface area contributed by atoms with Crippen molar-refractivity contribution in [1.82, 2.24) is 14.9 Å². The number of nitrogens with zero attached hydrogens (tertiary/aromatic N) is 2. The maximum atomic E-state index is 4.46. The maximum absolute atomic E-state index is 4.46. The molecule has 2 aliphatic carbocycles. The van der Waals surface area contributed by atoms with Gasteiger partial charge in [-0.25, -0.2) is 4.98 Å². The summed E-state index contributed by atoms with van der Waals surface area (Å²) in [6.07, 6.45) is 10.9. The van der Waals surface area contributed by atoms with Crippen LogP contribution in [0.1, 0.15) is 31.5 Å². The second-order valence-electron chi connectivity index (χ2n) is 5.89. The minimum Gasteiger partial charge on any atom is -0.338 e. The molecular formula is C14H23N3. The summed E-state index contributed by atoms with van der Waals surface area (Å²) >= 11 is 0. The van der Waals surface area contributed by atoms with Crippen molar-refractivity contribution in [1.29, 1.82) is 0 Å². The Hall–Kier alpha value is -0.830. The zero-order valence-corrected chi connectivity index (χ0v) is 10.9. The number of nitrogens with one attached hydrogen (secondary N) is 1. The van der Waals surface area contributed by atoms with E-state index in [1.54, 1.807) is 0 Å². The monoisotopic (exact) mass is 233 g/mol. The minimum atomic E-state index is 0.617. The van der Waals surface area contributed by atoms with Gasteiger partial charge in [0.2, 0.25) is 0 Å². The van der Waals surface area contributed by atoms with E-state index in [4.69, 9.17) is 0 Å². The second-order valence-corrected chi connectivity index (χ2v) is 5.89. The largest absolute Gasteiger partial charge is 0.338 e. The normalized spacial score (nSPS) is 33.2. The van der Waals surface area contributed by atoms with Crippen LogP contribution >= 0.6 is 0 Å². The van der Waals surface area contributed by atoms with Crippen LogP contribution in [-0.4, -0.2) is 22.6 Å². The summed E-state index contributed by atoms with van der Waals surface area (Å²) in [5.41, 5.74) is 0. The lowest BCUT2D eigenvalue weighted by Crippen LogP contribution is -2.38. The van der Waals surface area contributed by atoms with Crippen molar-refractivity contribution in [2.75, 3.05) is 7.05 Å². The third-order valence-corrected chi connectivity index (χ3v) is 5.00. The number of aromatic nitrogens is 2. The van der Waals surface area contributed by atoms with E-state index in [0.717, 1.165) is 24.2 Å². The van der Waals surface area contributed by atoms with E-state index in [9.17, 15) is 0 Å². The van der Waals surface area contributed by atoms with Crippen molar-refractivity contribution in [2.45, 2.75) is 38.1 Å². The summed E-state index contributed by atoms with van der Waals surface area (Å²) in [4.78, 5) is 4.46. The molecule has 3 rings (SSSR count). The Morgan fingerprint density at radius 1 is 1.47 bits per heavy atom. The van der Waals surface area contributed by atoms with Gasteiger partial charge in [-0.2, -0.15) is 0 Å². The number of rotatable bonds is 4. The van der Waals surface area contributed by atoms with Gasteiger partial charge in [0.15, 0.2) is 0 Å². The van der Waals surface area contributed by atoms with Crippen LogP contribution in [0.15, 0.2) is 12.4 Å². The van der Waals surface area contributed by atoms with E-state index in [1.807, 2.05) is 12.4 Å². The molecule has 1 aromatic rings. The molecule has 94 valence electrons. The molecule has 0 spiro atoms. The van der Waals surface area contributed by atoms with E-state index in [0.29, 0.717) is 6.04 Å². The lowest BCUT2D eigenvalue weighted by molar-refractivity contribution is 0.252. The van der Waals surface area contributed by atoms with Crippen molar-refractivity contribution in [2.24, 2.45) is 24.8 Å². The first kappa shape index (κ1) is 11.3. The average Bonchev–Trinajstić information content (AvgIpc) is 3.02. The zero-order chi connectivity index (χ0) is 11.8. The van der Waals surface area contributed by atoms with Crippen molar-refractivity contribution < 1.29 is 0 Å². The van der Waals surface area contributed by atoms with E-state index in [1.165, 1.54) is 31.5 Å². The standard InChI is InChI=1S/C14H23N3/c1-15-13(9-14-16-5-6-17(14)2)12-8-10-3-4-11(12)7-10/h5-6,10-13,15H,3-4,7-9H2,1-2H3. The van der Waals surface area contributed by atoms with Gasteiger partial charge >= 0.3 is 0 Å². The van der Waals surface area contributed by atoms with Crippen LogP contribution in [0, 0.1) is 17.8 Å². The van der Waals surface area contributed by atoms with Crippen LogP contribution in [0.4, 0.5) is 0 Å². The molecule has 2 saturated carbocycles. The smallest absolute Gasteiger partial charge is 0.109 e. The van der Waals surface area contributed by atoms with Crippen molar-refractivity contribution in [3.63, 3.8) is 0 Å². The third-order valence-electron chi connectivity index (χ3n) is 5.00.